The van der Waals surface area contributed by atoms with Crippen molar-refractivity contribution in [3.63, 3.8) is 0 Å². The van der Waals surface area contributed by atoms with E-state index in [0.29, 0.717) is 98.9 Å². The van der Waals surface area contributed by atoms with E-state index in [0.717, 1.165) is 74.9 Å². The molecule has 3 rings (SSSR count). The molecule has 2 unspecified atom stereocenters. The number of halogens is 2. The largest absolute Gasteiger partial charge is 0.508 e. The van der Waals surface area contributed by atoms with Crippen molar-refractivity contribution in [2.24, 2.45) is 61.3 Å². The molecule has 40 nitrogen and oxygen atoms in total. The minimum Gasteiger partial charge on any atom is -0.508 e. The molecule has 0 aliphatic rings. The molecule has 0 spiro atoms. The number of primary amides is 5. The number of carbonyl (C=O) groups excluding carboxylic acids is 10. The maximum atomic E-state index is 11.4. The van der Waals surface area contributed by atoms with E-state index < -0.39 is 69.7 Å². The number of urea groups is 1. The minimum absolute atomic E-state index is 0. The number of phenols is 1. The van der Waals surface area contributed by atoms with Crippen molar-refractivity contribution in [3.05, 3.63) is 112 Å². The number of phenolic OH excluding ortho intramolecular Hbond substituents is 1. The summed E-state index contributed by atoms with van der Waals surface area (Å²) in [6, 6.07) is 18.8. The molecule has 7 amide bonds. The van der Waals surface area contributed by atoms with Gasteiger partial charge < -0.3 is 143 Å². The summed E-state index contributed by atoms with van der Waals surface area (Å²) < 4.78 is 51.6. The van der Waals surface area contributed by atoms with Gasteiger partial charge in [-0.1, -0.05) is 121 Å². The van der Waals surface area contributed by atoms with Gasteiger partial charge in [0.15, 0.2) is 0 Å². The predicted octanol–water partition coefficient (Wildman–Crippen LogP) is 9.74. The molecule has 29 N–H and O–H groups in total. The molecular formula is C71H136F2N13O27S13Y3-3. The number of thiol groups is 8. The third-order valence-corrected chi connectivity index (χ3v) is 18.7. The van der Waals surface area contributed by atoms with Gasteiger partial charge in [0.1, 0.15) is 50.5 Å². The summed E-state index contributed by atoms with van der Waals surface area (Å²) in [5.74, 6) is 0.604. The fourth-order valence-corrected chi connectivity index (χ4v) is 7.75. The SMILES string of the molecule is CC(C)(C)SS.CC(C)(SS)C(N)C(=O)O.CC(C)(SSCCO)C(N)C(=O)O.CC(F)(F)C(N)=O.CC/C=N/N.CC/C=N/NC(N)=O.CC/C=N/NC=O.CSO.NC(=O)CCS.NC(=O)OCCS.NC(=O)OCc1ccc(S)cc1.O.O.O=C(O)O.O=CCCS.O=COCCS.O=COCc1ccc(O)cc1.O=COCc1ccc(S)cc1.[CH3-].[CH3-].[CH3-].[Y].[Y].[Y]. The zero-order chi connectivity index (χ0) is 97.3. The number of nitrogens with two attached hydrogens (primary N) is 8. The van der Waals surface area contributed by atoms with E-state index in [-0.39, 0.29) is 163 Å². The van der Waals surface area contributed by atoms with E-state index in [1.807, 2.05) is 69.3 Å². The van der Waals surface area contributed by atoms with Crippen LogP contribution in [0.2, 0.25) is 0 Å². The molecule has 0 bridgehead atoms. The fraction of sp³-hybridized carbons (Fsp3) is 0.479. The smallest absolute Gasteiger partial charge is 0.503 e. The van der Waals surface area contributed by atoms with Crippen LogP contribution in [0.5, 0.6) is 5.75 Å². The minimum atomic E-state index is -3.36. The van der Waals surface area contributed by atoms with Crippen LogP contribution in [-0.2, 0) is 185 Å². The van der Waals surface area contributed by atoms with E-state index in [4.69, 9.17) is 68.8 Å². The molecule has 751 valence electrons. The second kappa shape index (κ2) is 133. The molecule has 0 saturated heterocycles. The molecule has 58 heteroatoms. The van der Waals surface area contributed by atoms with Crippen LogP contribution in [-0.4, -0.2) is 232 Å². The van der Waals surface area contributed by atoms with Crippen LogP contribution in [0.4, 0.5) is 28.0 Å². The van der Waals surface area contributed by atoms with Crippen molar-refractivity contribution in [1.29, 1.82) is 0 Å². The van der Waals surface area contributed by atoms with Crippen LogP contribution in [0.15, 0.2) is 97.9 Å². The van der Waals surface area contributed by atoms with Gasteiger partial charge >= 0.3 is 42.2 Å². The van der Waals surface area contributed by atoms with Crippen molar-refractivity contribution in [3.8, 4) is 5.75 Å². The van der Waals surface area contributed by atoms with Crippen LogP contribution >= 0.6 is 154 Å². The Kier molecular flexibility index (Phi) is 183. The first-order chi connectivity index (χ1) is 56.3. The Hall–Kier alpha value is -3.74. The first kappa shape index (κ1) is 178. The third-order valence-electron chi connectivity index (χ3n) is 9.60. The summed E-state index contributed by atoms with van der Waals surface area (Å²) in [7, 11) is 5.55. The maximum Gasteiger partial charge on any atom is 0.503 e. The summed E-state index contributed by atoms with van der Waals surface area (Å²) in [6.45, 7) is 22.5. The molecule has 0 heterocycles. The van der Waals surface area contributed by atoms with Crippen molar-refractivity contribution in [1.82, 2.24) is 10.9 Å². The zero-order valence-corrected chi connectivity index (χ0v) is 94.3. The molecule has 3 aromatic rings. The third kappa shape index (κ3) is 185. The van der Waals surface area contributed by atoms with Gasteiger partial charge in [-0.25, -0.2) is 24.6 Å². The van der Waals surface area contributed by atoms with Gasteiger partial charge in [-0.15, -0.1) is 48.6 Å². The first-order valence-electron chi connectivity index (χ1n) is 33.6. The van der Waals surface area contributed by atoms with Crippen molar-refractivity contribution in [2.75, 3.05) is 54.8 Å². The van der Waals surface area contributed by atoms with Crippen molar-refractivity contribution < 1.29 is 239 Å². The monoisotopic (exact) mass is 2320 g/mol. The first-order valence-corrected chi connectivity index (χ1v) is 44.2. The number of carboxylic acid groups (broad SMARTS) is 4. The Bertz CT molecular complexity index is 3080. The number of hydrogen-bond acceptors (Lipinski definition) is 40. The number of alkyl halides is 2. The van der Waals surface area contributed by atoms with E-state index in [9.17, 15) is 66.3 Å². The van der Waals surface area contributed by atoms with Crippen molar-refractivity contribution in [2.45, 2.75) is 170 Å². The topological polar surface area (TPSA) is 742 Å². The molecule has 0 aromatic heterocycles. The van der Waals surface area contributed by atoms with Crippen molar-refractivity contribution >= 4 is 253 Å². The van der Waals surface area contributed by atoms with Crippen LogP contribution in [0.1, 0.15) is 125 Å². The Morgan fingerprint density at radius 2 is 0.899 bits per heavy atom. The Morgan fingerprint density at radius 1 is 0.558 bits per heavy atom. The molecule has 0 aliphatic heterocycles. The Labute approximate surface area is 896 Å². The Balaban J connectivity index is -0.0000000511. The standard InChI is InChI=1S/C8H9NO2S.C8H8O3.C8H8O2S.C7H15NO3S2.C5H11NO2S2.C4H9N3O.C4H8N2O.C4H10S2.C3H5F2NO.C3H8N2.C3H7NO2S.C3H7NOS.C3H6O2S.C3H6OS.CH2O3.CH4OS.3CH3.2H2O.3Y/c9-8(10)11-5-6-1-3-7(12)4-2-6;9-6-11-5-7-1-3-8(10)4-2-7;9-6-10-5-7-1-3-8(11)4-2-7;1-7(2,5(8)6(10)11)13-12-4-3-9;1-5(2,10-9)3(6)4(7)8;1-2-3-6-7-4(5)8;1-2-3-5-6-4-7;1-4(2,3)6-5;1-3(4,5)2(6)7;1-2-3-5-4;4-3(5)6-1-2-7;4-3(5)1-2-6;4-3-5-1-2-6;4-2-1-3-5;2-1(3)4;1-3-2;;;;;;;;/h1-4,12H,5H2,(H2,9,10);1-4,6,10H,5H2;1-4,6,11H,5H2;5,9H,3-4,8H2,1-2H3,(H,10,11);3,9H,6H2,1-2H3,(H,7,8);3H,2H2,1H3,(H3,5,7,8);3-4H,2H2,1H3,(H,6,7);5H,1-3H3;1H3,(H2,6,7);3H,2,4H2,1H3;7H,1-2H2,(H2,4,5);6H,1-2H2,(H2,4,5);3,6H,1-2H2;2,5H,1,3H2;(H2,2,3,4);2H,1H3;3*1H3;2*1H2;;;/q;;;;;;;;;;;;;;;;3*-1;;;;;/b;;;;;6-3+;5-3+;;;5-3+;;;;;;;;;;;;;;. The molecule has 3 radical (unpaired) electrons. The molecule has 129 heavy (non-hydrogen) atoms. The van der Waals surface area contributed by atoms with Crippen LogP contribution < -0.4 is 56.8 Å². The molecular weight excluding hydrogens is 2190 g/mol. The number of ether oxygens (including phenoxy) is 5. The van der Waals surface area contributed by atoms with E-state index in [1.54, 1.807) is 87.7 Å². The van der Waals surface area contributed by atoms with E-state index >= 15 is 0 Å². The number of hydrogen-bond donors (Lipinski definition) is 25. The number of aliphatic hydroxyl groups is 1. The van der Waals surface area contributed by atoms with Gasteiger partial charge in [0.2, 0.25) is 12.3 Å². The second-order valence-electron chi connectivity index (χ2n) is 22.0. The summed E-state index contributed by atoms with van der Waals surface area (Å²) in [5.41, 5.74) is 40.7. The molecule has 0 saturated carbocycles. The summed E-state index contributed by atoms with van der Waals surface area (Å²) >= 11 is 32.0. The second-order valence-corrected chi connectivity index (χ2v) is 32.0. The average molecular weight is 2330 g/mol. The number of nitrogens with one attached hydrogen (secondary N) is 2. The summed E-state index contributed by atoms with van der Waals surface area (Å²) in [5, 5.41) is 58.6. The number of hydrazone groups is 3. The number of aldehydes is 1. The number of aliphatic hydroxyl groups excluding tert-OH is 1. The van der Waals surface area contributed by atoms with Gasteiger partial charge in [-0.3, -0.25) is 43.8 Å². The van der Waals surface area contributed by atoms with Crippen LogP contribution in [0.3, 0.4) is 0 Å². The molecule has 2 atom stereocenters. The number of carboxylic acids is 2. The number of amides is 7. The average Bonchev–Trinajstić information content (AvgIpc) is 0.873. The Morgan fingerprint density at radius 3 is 1.10 bits per heavy atom. The zero-order valence-electron chi connectivity index (χ0n) is 74.6. The van der Waals surface area contributed by atoms with Gasteiger partial charge in [-0.2, -0.15) is 74.6 Å². The number of benzene rings is 3. The van der Waals surface area contributed by atoms with Gasteiger partial charge in [0.05, 0.1) is 13.2 Å². The van der Waals surface area contributed by atoms with Crippen LogP contribution in [0, 0.1) is 22.3 Å². The number of carbonyl (C=O) groups is 13. The molecule has 3 aromatic carbocycles. The fourth-order valence-electron chi connectivity index (χ4n) is 4.02. The van der Waals surface area contributed by atoms with E-state index in [1.165, 1.54) is 21.6 Å². The number of aliphatic carboxylic acids is 2. The van der Waals surface area contributed by atoms with Gasteiger partial charge in [0.25, 0.3) is 25.3 Å². The number of nitrogens with zero attached hydrogens (tertiary/aromatic N) is 3. The number of rotatable bonds is 33. The molecule has 0 fully saturated rings. The quantitative estimate of drug-likeness (QED) is 0.00257. The predicted molar refractivity (Wildman–Crippen MR) is 534 cm³/mol. The summed E-state index contributed by atoms with van der Waals surface area (Å²) in [4.78, 5) is 128. The van der Waals surface area contributed by atoms with Gasteiger partial charge in [-0.05, 0) is 124 Å². The summed E-state index contributed by atoms with van der Waals surface area (Å²) in [6.07, 6.45) is 8.00. The molecule has 0 aliphatic carbocycles. The maximum absolute atomic E-state index is 11.4. The number of aromatic hydroxyl groups is 1. The van der Waals surface area contributed by atoms with Gasteiger partial charge in [0, 0.05) is 184 Å². The normalized spacial score (nSPS) is 9.44. The van der Waals surface area contributed by atoms with Crippen LogP contribution in [0.25, 0.3) is 0 Å². The van der Waals surface area contributed by atoms with E-state index in [2.05, 4.69) is 187 Å².